The van der Waals surface area contributed by atoms with E-state index in [9.17, 15) is 14.0 Å². The van der Waals surface area contributed by atoms with E-state index in [0.717, 1.165) is 5.56 Å². The van der Waals surface area contributed by atoms with E-state index in [1.807, 2.05) is 0 Å². The number of carbonyl (C=O) groups excluding carboxylic acids is 2. The Morgan fingerprint density at radius 2 is 1.73 bits per heavy atom. The summed E-state index contributed by atoms with van der Waals surface area (Å²) >= 11 is 14.3. The number of nitrogens with one attached hydrogen (secondary N) is 1. The van der Waals surface area contributed by atoms with Crippen molar-refractivity contribution in [3.63, 3.8) is 0 Å². The second-order valence-corrected chi connectivity index (χ2v) is 7.37. The number of ketones is 1. The van der Waals surface area contributed by atoms with E-state index < -0.39 is 11.7 Å². The van der Waals surface area contributed by atoms with Gasteiger partial charge in [0.1, 0.15) is 0 Å². The first kappa shape index (κ1) is 32.2. The summed E-state index contributed by atoms with van der Waals surface area (Å²) in [5.41, 5.74) is 1.71. The molecule has 12 heteroatoms. The van der Waals surface area contributed by atoms with Crippen LogP contribution in [0, 0.1) is 12.0 Å². The van der Waals surface area contributed by atoms with Crippen LogP contribution in [-0.2, 0) is 83.9 Å². The van der Waals surface area contributed by atoms with Crippen molar-refractivity contribution in [2.75, 3.05) is 5.32 Å². The zero-order chi connectivity index (χ0) is 21.7. The van der Waals surface area contributed by atoms with Crippen LogP contribution in [0.4, 0.5) is 10.1 Å². The number of allylic oxidation sites excluding steroid dienone is 1. The van der Waals surface area contributed by atoms with Crippen LogP contribution in [0.2, 0.25) is 10.0 Å². The number of hydrogen-bond donors (Lipinski definition) is 1. The summed E-state index contributed by atoms with van der Waals surface area (Å²) in [5.74, 6) is -2.03. The number of halogens is 3. The monoisotopic (exact) mass is 632 g/mol. The van der Waals surface area contributed by atoms with Crippen molar-refractivity contribution in [3.8, 4) is 0 Å². The van der Waals surface area contributed by atoms with Crippen LogP contribution in [-0.4, -0.2) is 26.0 Å². The maximum absolute atomic E-state index is 13.1. The van der Waals surface area contributed by atoms with Gasteiger partial charge in [0.25, 0.3) is 0 Å². The third kappa shape index (κ3) is 8.76. The maximum atomic E-state index is 13.1. The molecule has 2 heterocycles. The van der Waals surface area contributed by atoms with Gasteiger partial charge < -0.3 is 0 Å². The van der Waals surface area contributed by atoms with Gasteiger partial charge in [-0.2, -0.15) is 0 Å². The summed E-state index contributed by atoms with van der Waals surface area (Å²) < 4.78 is 16.3. The fourth-order valence-electron chi connectivity index (χ4n) is 2.63. The van der Waals surface area contributed by atoms with Crippen LogP contribution >= 0.6 is 23.2 Å². The molecule has 166 valence electrons. The van der Waals surface area contributed by atoms with Gasteiger partial charge in [-0.15, -0.1) is 0 Å². The van der Waals surface area contributed by atoms with Gasteiger partial charge in [0, 0.05) is 55.7 Å². The third-order valence-corrected chi connectivity index (χ3v) is 4.84. The SMILES string of the molecule is O=C(Nc1c(Cl)cncc1Cl)C(=O)c1cc(Cc2ccc(F)cc2)[c-]n1/C=C\[CH]=[V].[V].[V].[V]. The van der Waals surface area contributed by atoms with Crippen molar-refractivity contribution in [2.45, 2.75) is 6.42 Å². The van der Waals surface area contributed by atoms with Crippen LogP contribution in [0.25, 0.3) is 6.20 Å². The van der Waals surface area contributed by atoms with Crippen molar-refractivity contribution in [2.24, 2.45) is 0 Å². The van der Waals surface area contributed by atoms with E-state index >= 15 is 0 Å². The normalized spacial score (nSPS) is 9.88. The van der Waals surface area contributed by atoms with E-state index in [4.69, 9.17) is 23.2 Å². The van der Waals surface area contributed by atoms with Crippen molar-refractivity contribution >= 4 is 51.5 Å². The van der Waals surface area contributed by atoms with Gasteiger partial charge >= 0.3 is 191 Å². The molecule has 0 bridgehead atoms. The minimum Gasteiger partial charge on any atom is 0 e. The number of pyridine rings is 1. The van der Waals surface area contributed by atoms with E-state index in [1.165, 1.54) is 29.1 Å². The second kappa shape index (κ2) is 15.3. The molecular weight excluding hydrogens is 620 g/mol. The molecule has 1 N–H and O–H groups in total. The van der Waals surface area contributed by atoms with Crippen molar-refractivity contribution in [1.29, 1.82) is 0 Å². The molecule has 0 atom stereocenters. The Balaban J connectivity index is 0.00000341. The topological polar surface area (TPSA) is 64.0 Å². The minimum atomic E-state index is -0.907. The minimum absolute atomic E-state index is 0. The molecule has 0 saturated heterocycles. The Hall–Kier alpha value is -0.752. The first-order valence-corrected chi connectivity index (χ1v) is 10.1. The number of aromatic nitrogens is 2. The second-order valence-electron chi connectivity index (χ2n) is 6.09. The van der Waals surface area contributed by atoms with E-state index in [-0.39, 0.29) is 82.9 Å². The number of Topliss-reactive ketones (excluding diaryl/α,β-unsaturated/α-hetero) is 1. The summed E-state index contributed by atoms with van der Waals surface area (Å²) in [6, 6.07) is 7.58. The molecule has 0 aliphatic carbocycles. The average Bonchev–Trinajstić information content (AvgIpc) is 3.12. The standard InChI is InChI=1S/C21H13Cl2FN3O2.4V/c1-2-7-27-12-14(8-13-3-5-15(24)6-4-13)9-18(27)20(28)21(29)26-19-16(22)10-25-11-17(19)23;;;;/h1-7,9-11H,8H2,(H,25,26,29);;;;/q-1;;;;/b7-2-;;;;. The van der Waals surface area contributed by atoms with Gasteiger partial charge in [-0.25, -0.2) is 0 Å². The van der Waals surface area contributed by atoms with Crippen molar-refractivity contribution in [1.82, 2.24) is 9.55 Å². The molecule has 3 rings (SSSR count). The number of amides is 1. The van der Waals surface area contributed by atoms with Crippen molar-refractivity contribution in [3.05, 3.63) is 87.7 Å². The molecule has 2 aromatic heterocycles. The molecule has 3 radical (unpaired) electrons. The van der Waals surface area contributed by atoms with Crippen LogP contribution < -0.4 is 5.32 Å². The maximum Gasteiger partial charge on any atom is 0 e. The quantitative estimate of drug-likeness (QED) is 0.239. The zero-order valence-electron chi connectivity index (χ0n) is 16.6. The van der Waals surface area contributed by atoms with E-state index in [2.05, 4.69) is 33.5 Å². The number of benzene rings is 1. The number of carbonyl (C=O) groups is 2. The number of rotatable bonds is 7. The molecule has 1 amide bonds. The Labute approximate surface area is 245 Å². The molecule has 0 unspecified atom stereocenters. The van der Waals surface area contributed by atoms with Crippen LogP contribution in [0.1, 0.15) is 21.6 Å². The molecule has 0 aliphatic rings. The van der Waals surface area contributed by atoms with Crippen LogP contribution in [0.3, 0.4) is 0 Å². The van der Waals surface area contributed by atoms with Gasteiger partial charge in [-0.05, 0) is 0 Å². The van der Waals surface area contributed by atoms with Crippen LogP contribution in [0.5, 0.6) is 0 Å². The number of nitrogens with zero attached hydrogens (tertiary/aromatic N) is 2. The predicted molar refractivity (Wildman–Crippen MR) is 111 cm³/mol. The fourth-order valence-corrected chi connectivity index (χ4v) is 3.21. The molecule has 0 fully saturated rings. The average molecular weight is 633 g/mol. The van der Waals surface area contributed by atoms with Gasteiger partial charge in [-0.1, -0.05) is 0 Å². The molecule has 3 aromatic rings. The Morgan fingerprint density at radius 3 is 2.30 bits per heavy atom. The molecule has 5 nitrogen and oxygen atoms in total. The Bertz CT molecular complexity index is 1130. The van der Waals surface area contributed by atoms with Gasteiger partial charge in [0.15, 0.2) is 0 Å². The predicted octanol–water partition coefficient (Wildman–Crippen LogP) is 4.35. The van der Waals surface area contributed by atoms with Crippen molar-refractivity contribution < 1.29 is 86.6 Å². The first-order chi connectivity index (χ1) is 14.4. The molecule has 0 spiro atoms. The fraction of sp³-hybridized carbons (Fsp3) is 0.0476. The summed E-state index contributed by atoms with van der Waals surface area (Å²) in [6.45, 7) is 0. The zero-order valence-corrected chi connectivity index (χ0v) is 23.7. The van der Waals surface area contributed by atoms with Crippen LogP contribution in [0.15, 0.2) is 48.8 Å². The summed E-state index contributed by atoms with van der Waals surface area (Å²) in [6.07, 6.45) is 9.36. The summed E-state index contributed by atoms with van der Waals surface area (Å²) in [7, 11) is 0. The van der Waals surface area contributed by atoms with Gasteiger partial charge in [0.05, 0.1) is 0 Å². The van der Waals surface area contributed by atoms with Gasteiger partial charge in [0.2, 0.25) is 0 Å². The smallest absolute Gasteiger partial charge is 0 e. The first-order valence-electron chi connectivity index (χ1n) is 8.56. The third-order valence-electron chi connectivity index (χ3n) is 3.99. The molecule has 33 heavy (non-hydrogen) atoms. The van der Waals surface area contributed by atoms with E-state index in [0.29, 0.717) is 12.0 Å². The summed E-state index contributed by atoms with van der Waals surface area (Å²) in [4.78, 5) is 29.2. The Morgan fingerprint density at radius 1 is 1.12 bits per heavy atom. The Kier molecular flexibility index (Phi) is 14.9. The molecule has 0 aliphatic heterocycles. The largest absolute Gasteiger partial charge is 0 e. The molecule has 1 aromatic carbocycles. The summed E-state index contributed by atoms with van der Waals surface area (Å²) in [5, 5.41) is 2.65. The number of hydrogen-bond acceptors (Lipinski definition) is 3. The molecule has 0 saturated carbocycles. The van der Waals surface area contributed by atoms with E-state index in [1.54, 1.807) is 35.2 Å². The van der Waals surface area contributed by atoms with Gasteiger partial charge in [-0.3, -0.25) is 0 Å². The number of anilines is 1. The molecular formula is C21H13Cl2FN3O2V4-.